The molecule has 1 atom stereocenters. The predicted octanol–water partition coefficient (Wildman–Crippen LogP) is 2.05. The molecule has 0 aliphatic rings. The summed E-state index contributed by atoms with van der Waals surface area (Å²) in [7, 11) is -0.227. The number of rotatable bonds is 7. The molecule has 0 saturated carbocycles. The third kappa shape index (κ3) is 3.98. The van der Waals surface area contributed by atoms with E-state index in [1.54, 1.807) is 19.2 Å². The van der Waals surface area contributed by atoms with Crippen molar-refractivity contribution in [3.63, 3.8) is 0 Å². The fourth-order valence-electron chi connectivity index (χ4n) is 2.77. The van der Waals surface area contributed by atoms with Gasteiger partial charge in [-0.15, -0.1) is 0 Å². The molecule has 0 fully saturated rings. The van der Waals surface area contributed by atoms with Crippen molar-refractivity contribution in [3.8, 4) is 5.75 Å². The highest BCUT2D eigenvalue weighted by molar-refractivity contribution is 7.89. The van der Waals surface area contributed by atoms with Gasteiger partial charge in [0.2, 0.25) is 10.0 Å². The second-order valence-corrected chi connectivity index (χ2v) is 7.60. The van der Waals surface area contributed by atoms with Gasteiger partial charge in [0.05, 0.1) is 18.1 Å². The number of aryl methyl sites for hydroxylation is 3. The Morgan fingerprint density at radius 3 is 2.42 bits per heavy atom. The molecule has 7 heteroatoms. The number of nitrogens with one attached hydrogen (secondary N) is 1. The van der Waals surface area contributed by atoms with Gasteiger partial charge in [0.1, 0.15) is 5.75 Å². The van der Waals surface area contributed by atoms with E-state index in [9.17, 15) is 13.5 Å². The van der Waals surface area contributed by atoms with Crippen molar-refractivity contribution in [1.29, 1.82) is 0 Å². The van der Waals surface area contributed by atoms with Crippen LogP contribution < -0.4 is 9.46 Å². The fourth-order valence-corrected chi connectivity index (χ4v) is 3.99. The zero-order valence-corrected chi connectivity index (χ0v) is 15.2. The van der Waals surface area contributed by atoms with Crippen LogP contribution in [0.5, 0.6) is 5.75 Å². The molecule has 132 valence electrons. The summed E-state index contributed by atoms with van der Waals surface area (Å²) in [5.74, 6) is 0.688. The Balaban J connectivity index is 2.05. The van der Waals surface area contributed by atoms with Crippen LogP contribution in [0.25, 0.3) is 0 Å². The van der Waals surface area contributed by atoms with Crippen molar-refractivity contribution >= 4 is 10.0 Å². The van der Waals surface area contributed by atoms with Crippen LogP contribution in [-0.2, 0) is 17.1 Å². The number of methoxy groups -OCH3 is 1. The van der Waals surface area contributed by atoms with Crippen molar-refractivity contribution < 1.29 is 18.3 Å². The average molecular weight is 352 g/mol. The monoisotopic (exact) mass is 352 g/mol. The van der Waals surface area contributed by atoms with E-state index in [0.717, 1.165) is 16.8 Å². The fraction of sp³-hybridized carbons (Fsp3) is 0.412. The number of aliphatic hydroxyl groups is 1. The SMILES string of the molecule is COc1c(C)cc(S(=O)(=O)NCCC(O)c2cccn2C)cc1C. The number of benzene rings is 1. The van der Waals surface area contributed by atoms with E-state index in [4.69, 9.17) is 4.74 Å². The summed E-state index contributed by atoms with van der Waals surface area (Å²) >= 11 is 0. The average Bonchev–Trinajstić information content (AvgIpc) is 2.93. The van der Waals surface area contributed by atoms with Crippen molar-refractivity contribution in [2.75, 3.05) is 13.7 Å². The van der Waals surface area contributed by atoms with E-state index in [1.807, 2.05) is 43.8 Å². The van der Waals surface area contributed by atoms with Gasteiger partial charge >= 0.3 is 0 Å². The predicted molar refractivity (Wildman–Crippen MR) is 92.6 cm³/mol. The molecule has 1 aromatic heterocycles. The molecule has 0 aliphatic heterocycles. The van der Waals surface area contributed by atoms with Gasteiger partial charge in [0.25, 0.3) is 0 Å². The van der Waals surface area contributed by atoms with Crippen LogP contribution in [0.15, 0.2) is 35.4 Å². The van der Waals surface area contributed by atoms with Gasteiger partial charge in [-0.1, -0.05) is 0 Å². The minimum Gasteiger partial charge on any atom is -0.496 e. The maximum Gasteiger partial charge on any atom is 0.240 e. The molecule has 6 nitrogen and oxygen atoms in total. The van der Waals surface area contributed by atoms with Crippen LogP contribution in [0.4, 0.5) is 0 Å². The normalized spacial score (nSPS) is 13.0. The van der Waals surface area contributed by atoms with Gasteiger partial charge in [-0.3, -0.25) is 0 Å². The standard InChI is InChI=1S/C17H24N2O4S/c1-12-10-14(11-13(2)17(12)23-4)24(21,22)18-8-7-16(20)15-6-5-9-19(15)3/h5-6,9-11,16,18,20H,7-8H2,1-4H3. The van der Waals surface area contributed by atoms with Gasteiger partial charge in [-0.25, -0.2) is 13.1 Å². The molecule has 0 bridgehead atoms. The number of aromatic nitrogens is 1. The molecule has 0 saturated heterocycles. The number of hydrogen-bond donors (Lipinski definition) is 2. The molecule has 2 aromatic rings. The first-order valence-corrected chi connectivity index (χ1v) is 9.18. The molecule has 2 rings (SSSR count). The largest absolute Gasteiger partial charge is 0.496 e. The first kappa shape index (κ1) is 18.5. The molecule has 24 heavy (non-hydrogen) atoms. The van der Waals surface area contributed by atoms with E-state index >= 15 is 0 Å². The molecule has 1 unspecified atom stereocenters. The van der Waals surface area contributed by atoms with Crippen molar-refractivity contribution in [3.05, 3.63) is 47.3 Å². The first-order chi connectivity index (χ1) is 11.3. The third-order valence-electron chi connectivity index (χ3n) is 3.98. The Kier molecular flexibility index (Phi) is 5.69. The van der Waals surface area contributed by atoms with E-state index < -0.39 is 16.1 Å². The maximum absolute atomic E-state index is 12.4. The summed E-state index contributed by atoms with van der Waals surface area (Å²) < 4.78 is 34.5. The molecule has 0 aliphatic carbocycles. The highest BCUT2D eigenvalue weighted by atomic mass is 32.2. The van der Waals surface area contributed by atoms with Gasteiger partial charge < -0.3 is 14.4 Å². The number of nitrogens with zero attached hydrogens (tertiary/aromatic N) is 1. The van der Waals surface area contributed by atoms with Crippen molar-refractivity contribution in [2.45, 2.75) is 31.3 Å². The van der Waals surface area contributed by atoms with Crippen LogP contribution >= 0.6 is 0 Å². The van der Waals surface area contributed by atoms with Crippen molar-refractivity contribution in [1.82, 2.24) is 9.29 Å². The van der Waals surface area contributed by atoms with Crippen LogP contribution in [-0.4, -0.2) is 31.7 Å². The van der Waals surface area contributed by atoms with E-state index in [2.05, 4.69) is 4.72 Å². The van der Waals surface area contributed by atoms with Gasteiger partial charge in [-0.2, -0.15) is 0 Å². The summed E-state index contributed by atoms with van der Waals surface area (Å²) in [6.45, 7) is 3.77. The molecule has 0 spiro atoms. The van der Waals surface area contributed by atoms with E-state index in [-0.39, 0.29) is 11.4 Å². The zero-order valence-electron chi connectivity index (χ0n) is 14.4. The Labute approximate surface area is 143 Å². The number of sulfonamides is 1. The lowest BCUT2D eigenvalue weighted by molar-refractivity contribution is 0.161. The smallest absolute Gasteiger partial charge is 0.240 e. The topological polar surface area (TPSA) is 80.6 Å². The lowest BCUT2D eigenvalue weighted by atomic mass is 10.1. The van der Waals surface area contributed by atoms with Gasteiger partial charge in [-0.05, 0) is 55.7 Å². The summed E-state index contributed by atoms with van der Waals surface area (Å²) in [5, 5.41) is 10.1. The highest BCUT2D eigenvalue weighted by Crippen LogP contribution is 2.26. The minimum absolute atomic E-state index is 0.152. The van der Waals surface area contributed by atoms with Gasteiger partial charge in [0, 0.05) is 25.5 Å². The Morgan fingerprint density at radius 1 is 1.29 bits per heavy atom. The summed E-state index contributed by atoms with van der Waals surface area (Å²) in [5.41, 5.74) is 2.29. The second-order valence-electron chi connectivity index (χ2n) is 5.84. The first-order valence-electron chi connectivity index (χ1n) is 7.70. The molecule has 1 heterocycles. The Hall–Kier alpha value is -1.83. The second kappa shape index (κ2) is 7.38. The number of aliphatic hydroxyl groups excluding tert-OH is 1. The summed E-state index contributed by atoms with van der Waals surface area (Å²) in [6.07, 6.45) is 1.42. The van der Waals surface area contributed by atoms with Crippen LogP contribution in [0, 0.1) is 13.8 Å². The lowest BCUT2D eigenvalue weighted by Gasteiger charge is -2.14. The molecule has 0 radical (unpaired) electrons. The molecule has 2 N–H and O–H groups in total. The molecular weight excluding hydrogens is 328 g/mol. The zero-order chi connectivity index (χ0) is 17.9. The lowest BCUT2D eigenvalue weighted by Crippen LogP contribution is -2.26. The Bertz CT molecular complexity index is 789. The van der Waals surface area contributed by atoms with Crippen molar-refractivity contribution in [2.24, 2.45) is 7.05 Å². The summed E-state index contributed by atoms with van der Waals surface area (Å²) in [4.78, 5) is 0.201. The minimum atomic E-state index is -3.63. The number of ether oxygens (including phenoxy) is 1. The number of hydrogen-bond acceptors (Lipinski definition) is 4. The maximum atomic E-state index is 12.4. The van der Waals surface area contributed by atoms with Crippen LogP contribution in [0.2, 0.25) is 0 Å². The van der Waals surface area contributed by atoms with Gasteiger partial charge in [0.15, 0.2) is 0 Å². The Morgan fingerprint density at radius 2 is 1.92 bits per heavy atom. The molecule has 0 amide bonds. The third-order valence-corrected chi connectivity index (χ3v) is 5.42. The quantitative estimate of drug-likeness (QED) is 0.799. The summed E-state index contributed by atoms with van der Waals surface area (Å²) in [6, 6.07) is 6.82. The highest BCUT2D eigenvalue weighted by Gasteiger charge is 2.18. The van der Waals surface area contributed by atoms with Crippen LogP contribution in [0.1, 0.15) is 29.3 Å². The van der Waals surface area contributed by atoms with Crippen LogP contribution in [0.3, 0.4) is 0 Å². The molecular formula is C17H24N2O4S. The molecule has 1 aromatic carbocycles. The van der Waals surface area contributed by atoms with E-state index in [0.29, 0.717) is 12.2 Å². The van der Waals surface area contributed by atoms with E-state index in [1.165, 1.54) is 0 Å².